The van der Waals surface area contributed by atoms with E-state index < -0.39 is 35.2 Å². The maximum atomic E-state index is 13.4. The highest BCUT2D eigenvalue weighted by atomic mass is 19.1. The molecule has 1 atom stereocenters. The quantitative estimate of drug-likeness (QED) is 0.278. The Bertz CT molecular complexity index is 1300. The lowest BCUT2D eigenvalue weighted by atomic mass is 9.89. The van der Waals surface area contributed by atoms with Crippen LogP contribution < -0.4 is 10.6 Å². The molecule has 36 heavy (non-hydrogen) atoms. The molecule has 1 aliphatic carbocycles. The van der Waals surface area contributed by atoms with Crippen LogP contribution in [0.5, 0.6) is 0 Å². The van der Waals surface area contributed by atoms with Gasteiger partial charge >= 0.3 is 5.91 Å². The molecule has 3 heterocycles. The second kappa shape index (κ2) is 9.50. The summed E-state index contributed by atoms with van der Waals surface area (Å²) in [5.41, 5.74) is 1.05. The highest BCUT2D eigenvalue weighted by Crippen LogP contribution is 2.31. The van der Waals surface area contributed by atoms with Gasteiger partial charge in [0.25, 0.3) is 23.3 Å². The van der Waals surface area contributed by atoms with Crippen molar-refractivity contribution in [3.8, 4) is 0 Å². The number of aliphatic hydroxyl groups excluding tert-OH is 1. The number of halogens is 1. The fourth-order valence-electron chi connectivity index (χ4n) is 4.12. The first-order valence-corrected chi connectivity index (χ1v) is 11.5. The number of methoxy groups -OCH3 is 1. The summed E-state index contributed by atoms with van der Waals surface area (Å²) in [6.07, 6.45) is 3.77. The number of ether oxygens (including phenoxy) is 2. The average Bonchev–Trinajstić information content (AvgIpc) is 3.68. The van der Waals surface area contributed by atoms with Crippen molar-refractivity contribution in [3.63, 3.8) is 0 Å². The summed E-state index contributed by atoms with van der Waals surface area (Å²) in [7, 11) is 1.47. The zero-order valence-electron chi connectivity index (χ0n) is 19.4. The van der Waals surface area contributed by atoms with Gasteiger partial charge in [0.1, 0.15) is 5.82 Å². The third-order valence-corrected chi connectivity index (χ3v) is 6.11. The van der Waals surface area contributed by atoms with Crippen molar-refractivity contribution < 1.29 is 37.9 Å². The standard InChI is InChI=1S/C25H23FN4O6/c1-35-9-8-27-24(33)18-21(31)19-20-22(14(11-28-19)10-13-2-4-15(26)5-3-13)36-17(12-30(20)25(18)34)23(32)29-16-6-7-16/h2-5,11-12,16,22H,6-10H2,1H3,(H2-,27,29,31,32,33,34)/p+1. The van der Waals surface area contributed by atoms with E-state index in [-0.39, 0.29) is 42.2 Å². The minimum Gasteiger partial charge on any atom is -0.504 e. The molecule has 1 aromatic carbocycles. The maximum Gasteiger partial charge on any atom is 0.434 e. The number of allylic oxidation sites excluding steroid dienone is 1. The molecule has 1 fully saturated rings. The number of nitrogens with zero attached hydrogens (tertiary/aromatic N) is 2. The number of nitrogens with one attached hydrogen (secondary N) is 2. The Labute approximate surface area is 205 Å². The molecule has 1 unspecified atom stereocenters. The molecule has 0 radical (unpaired) electrons. The highest BCUT2D eigenvalue weighted by Gasteiger charge is 2.52. The number of benzene rings is 1. The van der Waals surface area contributed by atoms with Crippen LogP contribution in [0.2, 0.25) is 0 Å². The molecule has 5 rings (SSSR count). The van der Waals surface area contributed by atoms with Crippen LogP contribution in [-0.4, -0.2) is 71.2 Å². The summed E-state index contributed by atoms with van der Waals surface area (Å²) in [4.78, 5) is 43.4. The molecule has 0 bridgehead atoms. The number of amides is 3. The van der Waals surface area contributed by atoms with Crippen molar-refractivity contribution in [2.24, 2.45) is 4.99 Å². The van der Waals surface area contributed by atoms with Crippen LogP contribution in [0, 0.1) is 5.82 Å². The number of rotatable bonds is 8. The van der Waals surface area contributed by atoms with Gasteiger partial charge in [0, 0.05) is 31.5 Å². The van der Waals surface area contributed by atoms with E-state index in [1.165, 1.54) is 31.6 Å². The van der Waals surface area contributed by atoms with Gasteiger partial charge in [-0.25, -0.2) is 14.2 Å². The lowest BCUT2D eigenvalue weighted by molar-refractivity contribution is -0.385. The Morgan fingerprint density at radius 2 is 2.00 bits per heavy atom. The van der Waals surface area contributed by atoms with Crippen molar-refractivity contribution in [3.05, 3.63) is 70.7 Å². The van der Waals surface area contributed by atoms with Crippen LogP contribution in [0.25, 0.3) is 0 Å². The predicted octanol–water partition coefficient (Wildman–Crippen LogP) is 0.794. The van der Waals surface area contributed by atoms with Crippen molar-refractivity contribution in [2.45, 2.75) is 31.4 Å². The van der Waals surface area contributed by atoms with Crippen molar-refractivity contribution in [2.75, 3.05) is 20.3 Å². The Hall–Kier alpha value is -4.12. The Kier molecular flexibility index (Phi) is 6.23. The summed E-state index contributed by atoms with van der Waals surface area (Å²) in [5, 5.41) is 16.2. The maximum absolute atomic E-state index is 13.4. The van der Waals surface area contributed by atoms with Crippen LogP contribution in [-0.2, 0) is 30.3 Å². The summed E-state index contributed by atoms with van der Waals surface area (Å²) in [6, 6.07) is 5.94. The summed E-state index contributed by atoms with van der Waals surface area (Å²) < 4.78 is 25.5. The van der Waals surface area contributed by atoms with Gasteiger partial charge in [0.15, 0.2) is 17.0 Å². The number of hydrogen-bond donors (Lipinski definition) is 3. The normalized spacial score (nSPS) is 20.7. The van der Waals surface area contributed by atoms with E-state index in [4.69, 9.17) is 9.47 Å². The van der Waals surface area contributed by atoms with E-state index in [9.17, 15) is 23.9 Å². The molecule has 0 spiro atoms. The van der Waals surface area contributed by atoms with Crippen LogP contribution >= 0.6 is 0 Å². The number of carbonyl (C=O) groups excluding carboxylic acids is 3. The molecule has 0 aromatic heterocycles. The van der Waals surface area contributed by atoms with Gasteiger partial charge in [-0.05, 0) is 37.0 Å². The monoisotopic (exact) mass is 495 g/mol. The zero-order valence-corrected chi connectivity index (χ0v) is 19.4. The van der Waals surface area contributed by atoms with Gasteiger partial charge in [0.05, 0.1) is 6.61 Å². The molecule has 1 aromatic rings. The lowest BCUT2D eigenvalue weighted by Crippen LogP contribution is -2.52. The van der Waals surface area contributed by atoms with E-state index in [1.807, 2.05) is 0 Å². The predicted molar refractivity (Wildman–Crippen MR) is 125 cm³/mol. The molecular formula is C25H24FN4O6+. The van der Waals surface area contributed by atoms with E-state index in [1.54, 1.807) is 12.1 Å². The van der Waals surface area contributed by atoms with Gasteiger partial charge in [-0.2, -0.15) is 0 Å². The second-order valence-electron chi connectivity index (χ2n) is 8.76. The number of aliphatic hydroxyl groups is 1. The van der Waals surface area contributed by atoms with Crippen LogP contribution in [0.15, 0.2) is 64.3 Å². The molecule has 3 aliphatic heterocycles. The fourth-order valence-corrected chi connectivity index (χ4v) is 4.12. The third-order valence-electron chi connectivity index (χ3n) is 6.11. The molecule has 186 valence electrons. The average molecular weight is 495 g/mol. The van der Waals surface area contributed by atoms with Gasteiger partial charge in [-0.15, -0.1) is 4.58 Å². The van der Waals surface area contributed by atoms with Crippen LogP contribution in [0.4, 0.5) is 4.39 Å². The highest BCUT2D eigenvalue weighted by molar-refractivity contribution is 6.52. The summed E-state index contributed by atoms with van der Waals surface area (Å²) in [5.74, 6) is -3.15. The largest absolute Gasteiger partial charge is 0.504 e. The van der Waals surface area contributed by atoms with Gasteiger partial charge in [-0.3, -0.25) is 9.59 Å². The van der Waals surface area contributed by atoms with Crippen molar-refractivity contribution in [1.29, 1.82) is 0 Å². The Balaban J connectivity index is 1.55. The lowest BCUT2D eigenvalue weighted by Gasteiger charge is -2.29. The molecule has 10 nitrogen and oxygen atoms in total. The molecule has 11 heteroatoms. The van der Waals surface area contributed by atoms with Crippen molar-refractivity contribution >= 4 is 29.1 Å². The second-order valence-corrected chi connectivity index (χ2v) is 8.76. The first-order chi connectivity index (χ1) is 17.4. The van der Waals surface area contributed by atoms with E-state index in [0.717, 1.165) is 23.0 Å². The molecule has 1 saturated carbocycles. The fraction of sp³-hybridized carbons (Fsp3) is 0.320. The molecule has 3 amide bonds. The van der Waals surface area contributed by atoms with Crippen LogP contribution in [0.3, 0.4) is 0 Å². The van der Waals surface area contributed by atoms with Gasteiger partial charge in [-0.1, -0.05) is 12.1 Å². The topological polar surface area (TPSA) is 129 Å². The first-order valence-electron chi connectivity index (χ1n) is 11.5. The van der Waals surface area contributed by atoms with Crippen molar-refractivity contribution in [1.82, 2.24) is 10.6 Å². The van der Waals surface area contributed by atoms with E-state index in [0.29, 0.717) is 12.0 Å². The number of hydrogen-bond acceptors (Lipinski definition) is 7. The molecule has 0 saturated heterocycles. The minimum atomic E-state index is -0.934. The summed E-state index contributed by atoms with van der Waals surface area (Å²) >= 11 is 0. The smallest absolute Gasteiger partial charge is 0.434 e. The van der Waals surface area contributed by atoms with E-state index >= 15 is 0 Å². The molecular weight excluding hydrogens is 471 g/mol. The first kappa shape index (κ1) is 23.6. The molecule has 4 aliphatic rings. The van der Waals surface area contributed by atoms with Crippen LogP contribution in [0.1, 0.15) is 18.4 Å². The zero-order chi connectivity index (χ0) is 25.4. The summed E-state index contributed by atoms with van der Waals surface area (Å²) in [6.45, 7) is 0.341. The van der Waals surface area contributed by atoms with Gasteiger partial charge in [0.2, 0.25) is 12.3 Å². The SMILES string of the molecule is COCCNC(=O)C1=C(O)C2=NC=C(Cc3ccc(F)cc3)C3OC(C(=O)NC4CC4)=C[N+](=C23)C1=O. The third kappa shape index (κ3) is 4.44. The number of aliphatic imine (C=N–C) groups is 1. The number of carbonyl (C=O) groups is 3. The minimum absolute atomic E-state index is 0.00255. The van der Waals surface area contributed by atoms with Gasteiger partial charge < -0.3 is 25.2 Å². The Morgan fingerprint density at radius 1 is 1.25 bits per heavy atom. The molecule has 3 N–H and O–H groups in total. The van der Waals surface area contributed by atoms with E-state index in [2.05, 4.69) is 15.6 Å². The Morgan fingerprint density at radius 3 is 2.69 bits per heavy atom.